The Labute approximate surface area is 211 Å². The highest BCUT2D eigenvalue weighted by molar-refractivity contribution is 9.10. The number of β-lactam (4-membered cyclic amide) rings is 1. The molecule has 0 aliphatic carbocycles. The largest absolute Gasteiger partial charge is 0.441 e. The second kappa shape index (κ2) is 9.93. The lowest BCUT2D eigenvalue weighted by Gasteiger charge is -2.39. The Morgan fingerprint density at radius 1 is 1.26 bits per heavy atom. The van der Waals surface area contributed by atoms with Gasteiger partial charge in [0.2, 0.25) is 5.91 Å². The van der Waals surface area contributed by atoms with Crippen LogP contribution in [-0.4, -0.2) is 40.8 Å². The first-order chi connectivity index (χ1) is 16.7. The molecule has 2 amide bonds. The number of halogens is 1. The average molecular weight is 543 g/mol. The molecule has 0 radical (unpaired) electrons. The maximum Gasteiger partial charge on any atom is 0.304 e. The number of hydrogen-bond acceptors (Lipinski definition) is 6. The Morgan fingerprint density at radius 2 is 1.97 bits per heavy atom. The highest BCUT2D eigenvalue weighted by Gasteiger charge is 2.52. The predicted octanol–water partition coefficient (Wildman–Crippen LogP) is 3.38. The second-order valence-electron chi connectivity index (χ2n) is 8.75. The van der Waals surface area contributed by atoms with Gasteiger partial charge in [-0.15, -0.1) is 0 Å². The zero-order valence-electron chi connectivity index (χ0n) is 19.5. The van der Waals surface area contributed by atoms with Crippen molar-refractivity contribution in [3.05, 3.63) is 70.2 Å². The number of aliphatic hydroxyl groups is 2. The first-order valence-electron chi connectivity index (χ1n) is 11.4. The van der Waals surface area contributed by atoms with Crippen molar-refractivity contribution in [1.29, 1.82) is 0 Å². The Balaban J connectivity index is 1.58. The lowest BCUT2D eigenvalue weighted by atomic mass is 9.83. The fourth-order valence-corrected chi connectivity index (χ4v) is 4.88. The Bertz CT molecular complexity index is 1180. The fraction of sp³-hybridized carbons (Fsp3) is 0.346. The van der Waals surface area contributed by atoms with Gasteiger partial charge < -0.3 is 19.8 Å². The minimum absolute atomic E-state index is 0.00942. The third kappa shape index (κ3) is 4.63. The molecule has 0 bridgehead atoms. The van der Waals surface area contributed by atoms with E-state index in [0.29, 0.717) is 23.4 Å². The normalized spacial score (nSPS) is 22.4. The fourth-order valence-electron chi connectivity index (χ4n) is 4.52. The van der Waals surface area contributed by atoms with Crippen LogP contribution in [0.25, 0.3) is 0 Å². The number of carbonyl (C=O) groups excluding carboxylic acids is 3. The maximum atomic E-state index is 13.6. The van der Waals surface area contributed by atoms with Gasteiger partial charge in [-0.3, -0.25) is 19.3 Å². The van der Waals surface area contributed by atoms with Crippen LogP contribution in [0.5, 0.6) is 0 Å². The summed E-state index contributed by atoms with van der Waals surface area (Å²) in [7, 11) is 0. The van der Waals surface area contributed by atoms with Gasteiger partial charge in [-0.25, -0.2) is 0 Å². The monoisotopic (exact) mass is 542 g/mol. The molecule has 1 fully saturated rings. The van der Waals surface area contributed by atoms with Crippen molar-refractivity contribution in [2.24, 2.45) is 5.92 Å². The summed E-state index contributed by atoms with van der Waals surface area (Å²) in [5.41, 5.74) is 0.810. The maximum absolute atomic E-state index is 13.6. The van der Waals surface area contributed by atoms with Crippen LogP contribution in [0.15, 0.2) is 59.1 Å². The van der Waals surface area contributed by atoms with E-state index in [1.165, 1.54) is 11.8 Å². The Hall–Kier alpha value is -3.01. The predicted molar refractivity (Wildman–Crippen MR) is 133 cm³/mol. The molecular weight excluding hydrogens is 516 g/mol. The Morgan fingerprint density at radius 3 is 2.60 bits per heavy atom. The summed E-state index contributed by atoms with van der Waals surface area (Å²) in [4.78, 5) is 39.9. The summed E-state index contributed by atoms with van der Waals surface area (Å²) in [6.45, 7) is 3.30. The van der Waals surface area contributed by atoms with E-state index in [1.807, 2.05) is 6.07 Å². The molecule has 0 spiro atoms. The molecule has 184 valence electrons. The van der Waals surface area contributed by atoms with Gasteiger partial charge >= 0.3 is 5.97 Å². The van der Waals surface area contributed by atoms with E-state index in [2.05, 4.69) is 15.9 Å². The molecule has 2 aromatic carbocycles. The van der Waals surface area contributed by atoms with Crippen LogP contribution < -0.4 is 9.80 Å². The standard InChI is InChI=1S/C26H27BrN2O6/c1-16(5-3-4-12-30)26(34)21-13-19(27)8-11-22(21)28(25(26)33)15-18-6-9-20(10-7-18)29-23(32)14-24(29)35-17(2)31/h3,5-11,13,16,24,30,34H,4,12,14-15H2,1-2H3/b5-3+/t16-,24?,26+/m0/s1. The highest BCUT2D eigenvalue weighted by atomic mass is 79.9. The van der Waals surface area contributed by atoms with Crippen molar-refractivity contribution >= 4 is 45.1 Å². The van der Waals surface area contributed by atoms with Crippen molar-refractivity contribution in [3.63, 3.8) is 0 Å². The zero-order chi connectivity index (χ0) is 25.3. The van der Waals surface area contributed by atoms with E-state index in [1.54, 1.807) is 60.4 Å². The number of benzene rings is 2. The van der Waals surface area contributed by atoms with E-state index < -0.39 is 29.6 Å². The van der Waals surface area contributed by atoms with Gasteiger partial charge in [0.1, 0.15) is 0 Å². The van der Waals surface area contributed by atoms with E-state index in [0.717, 1.165) is 10.0 Å². The molecule has 9 heteroatoms. The number of anilines is 2. The summed E-state index contributed by atoms with van der Waals surface area (Å²) in [6.07, 6.45) is 3.50. The van der Waals surface area contributed by atoms with E-state index in [4.69, 9.17) is 9.84 Å². The number of hydrogen-bond donors (Lipinski definition) is 2. The molecule has 2 aliphatic heterocycles. The van der Waals surface area contributed by atoms with Crippen LogP contribution in [0, 0.1) is 5.92 Å². The molecule has 2 aliphatic rings. The number of carbonyl (C=O) groups is 3. The van der Waals surface area contributed by atoms with Crippen LogP contribution in [-0.2, 0) is 31.3 Å². The van der Waals surface area contributed by atoms with Crippen LogP contribution in [0.4, 0.5) is 11.4 Å². The number of esters is 1. The molecule has 0 aromatic heterocycles. The molecule has 0 saturated carbocycles. The van der Waals surface area contributed by atoms with E-state index in [9.17, 15) is 19.5 Å². The van der Waals surface area contributed by atoms with Crippen LogP contribution in [0.3, 0.4) is 0 Å². The second-order valence-corrected chi connectivity index (χ2v) is 9.66. The number of rotatable bonds is 8. The van der Waals surface area contributed by atoms with Gasteiger partial charge in [-0.2, -0.15) is 0 Å². The van der Waals surface area contributed by atoms with E-state index >= 15 is 0 Å². The Kier molecular flexibility index (Phi) is 7.12. The van der Waals surface area contributed by atoms with Crippen molar-refractivity contribution in [2.45, 2.75) is 45.1 Å². The quantitative estimate of drug-likeness (QED) is 0.301. The lowest BCUT2D eigenvalue weighted by molar-refractivity contribution is -0.153. The minimum Gasteiger partial charge on any atom is -0.441 e. The van der Waals surface area contributed by atoms with Crippen LogP contribution >= 0.6 is 15.9 Å². The molecule has 4 rings (SSSR count). The molecule has 1 saturated heterocycles. The third-order valence-corrected chi connectivity index (χ3v) is 6.87. The smallest absolute Gasteiger partial charge is 0.304 e. The number of nitrogens with zero attached hydrogens (tertiary/aromatic N) is 2. The summed E-state index contributed by atoms with van der Waals surface area (Å²) < 4.78 is 5.92. The summed E-state index contributed by atoms with van der Waals surface area (Å²) >= 11 is 3.44. The van der Waals surface area contributed by atoms with Crippen molar-refractivity contribution in [3.8, 4) is 0 Å². The number of aliphatic hydroxyl groups excluding tert-OH is 1. The van der Waals surface area contributed by atoms with Gasteiger partial charge in [0, 0.05) is 35.2 Å². The number of amides is 2. The first-order valence-corrected chi connectivity index (χ1v) is 12.2. The molecular formula is C26H27BrN2O6. The molecule has 2 N–H and O–H groups in total. The van der Waals surface area contributed by atoms with Crippen molar-refractivity contribution < 1.29 is 29.3 Å². The molecule has 2 aromatic rings. The minimum atomic E-state index is -1.74. The number of ether oxygens (including phenoxy) is 1. The summed E-state index contributed by atoms with van der Waals surface area (Å²) in [5.74, 6) is -1.53. The van der Waals surface area contributed by atoms with Crippen LogP contribution in [0.2, 0.25) is 0 Å². The summed E-state index contributed by atoms with van der Waals surface area (Å²) in [6, 6.07) is 12.5. The zero-order valence-corrected chi connectivity index (χ0v) is 21.1. The molecule has 2 heterocycles. The van der Waals surface area contributed by atoms with Gasteiger partial charge in [-0.05, 0) is 42.3 Å². The SMILES string of the molecule is CC(=O)OC1CC(=O)N1c1ccc(CN2C(=O)[C@@](O)([C@@H](C)/C=C/CCO)c3cc(Br)ccc32)cc1. The number of fused-ring (bicyclic) bond motifs is 1. The lowest BCUT2D eigenvalue weighted by Crippen LogP contribution is -2.54. The van der Waals surface area contributed by atoms with Crippen molar-refractivity contribution in [1.82, 2.24) is 0 Å². The highest BCUT2D eigenvalue weighted by Crippen LogP contribution is 2.46. The average Bonchev–Trinajstić information content (AvgIpc) is 3.02. The topological polar surface area (TPSA) is 107 Å². The molecule has 8 nitrogen and oxygen atoms in total. The van der Waals surface area contributed by atoms with Crippen molar-refractivity contribution in [2.75, 3.05) is 16.4 Å². The molecule has 35 heavy (non-hydrogen) atoms. The molecule has 1 unspecified atom stereocenters. The summed E-state index contributed by atoms with van der Waals surface area (Å²) in [5, 5.41) is 20.7. The van der Waals surface area contributed by atoms with Gasteiger partial charge in [0.15, 0.2) is 11.8 Å². The van der Waals surface area contributed by atoms with Gasteiger partial charge in [-0.1, -0.05) is 47.1 Å². The molecule has 3 atom stereocenters. The van der Waals surface area contributed by atoms with Gasteiger partial charge in [0.25, 0.3) is 5.91 Å². The van der Waals surface area contributed by atoms with E-state index in [-0.39, 0.29) is 25.5 Å². The first kappa shape index (κ1) is 25.1. The van der Waals surface area contributed by atoms with Gasteiger partial charge in [0.05, 0.1) is 18.7 Å². The van der Waals surface area contributed by atoms with Crippen LogP contribution in [0.1, 0.15) is 37.8 Å². The third-order valence-electron chi connectivity index (χ3n) is 6.37.